The fourth-order valence-corrected chi connectivity index (χ4v) is 2.28. The van der Waals surface area contributed by atoms with E-state index in [2.05, 4.69) is 10.5 Å². The van der Waals surface area contributed by atoms with Crippen LogP contribution in [0.1, 0.15) is 39.5 Å². The summed E-state index contributed by atoms with van der Waals surface area (Å²) in [6.07, 6.45) is -3.86. The second kappa shape index (κ2) is 5.88. The van der Waals surface area contributed by atoms with Crippen molar-refractivity contribution in [3.8, 4) is 0 Å². The standard InChI is InChI=1S/C12H20F3N3O2/c1-11(2,10(16)18-20)17-9(19)7-3-5-8(6-4-7)12(13,14)15/h7-8,20H,3-6H2,1-2H3,(H2,16,18)(H,17,19). The Balaban J connectivity index is 2.56. The van der Waals surface area contributed by atoms with Crippen LogP contribution < -0.4 is 11.1 Å². The maximum atomic E-state index is 12.5. The Morgan fingerprint density at radius 3 is 2.15 bits per heavy atom. The molecular formula is C12H20F3N3O2. The maximum Gasteiger partial charge on any atom is 0.391 e. The quantitative estimate of drug-likeness (QED) is 0.322. The number of amides is 1. The van der Waals surface area contributed by atoms with E-state index in [-0.39, 0.29) is 37.4 Å². The molecule has 0 atom stereocenters. The number of hydrogen-bond acceptors (Lipinski definition) is 3. The van der Waals surface area contributed by atoms with Crippen LogP contribution in [0.2, 0.25) is 0 Å². The first-order valence-corrected chi connectivity index (χ1v) is 6.44. The van der Waals surface area contributed by atoms with E-state index < -0.39 is 23.6 Å². The van der Waals surface area contributed by atoms with Crippen molar-refractivity contribution in [2.24, 2.45) is 22.7 Å². The average Bonchev–Trinajstić information content (AvgIpc) is 2.36. The molecule has 116 valence electrons. The van der Waals surface area contributed by atoms with Crippen LogP contribution in [0, 0.1) is 11.8 Å². The number of oxime groups is 1. The SMILES string of the molecule is CC(C)(NC(=O)C1CCC(C(F)(F)F)CC1)C(N)=NO. The van der Waals surface area contributed by atoms with Gasteiger partial charge in [0.05, 0.1) is 11.5 Å². The van der Waals surface area contributed by atoms with Gasteiger partial charge < -0.3 is 16.3 Å². The van der Waals surface area contributed by atoms with E-state index >= 15 is 0 Å². The highest BCUT2D eigenvalue weighted by molar-refractivity contribution is 5.93. The number of rotatable bonds is 3. The second-order valence-electron chi connectivity index (χ2n) is 5.69. The molecule has 1 amide bonds. The van der Waals surface area contributed by atoms with E-state index in [1.807, 2.05) is 0 Å². The van der Waals surface area contributed by atoms with Crippen LogP contribution in [0.5, 0.6) is 0 Å². The van der Waals surface area contributed by atoms with Gasteiger partial charge in [0.2, 0.25) is 5.91 Å². The van der Waals surface area contributed by atoms with E-state index in [0.717, 1.165) is 0 Å². The van der Waals surface area contributed by atoms with Gasteiger partial charge in [0.25, 0.3) is 0 Å². The summed E-state index contributed by atoms with van der Waals surface area (Å²) in [6.45, 7) is 3.11. The highest BCUT2D eigenvalue weighted by atomic mass is 19.4. The average molecular weight is 295 g/mol. The minimum atomic E-state index is -4.19. The minimum absolute atomic E-state index is 0.0361. The summed E-state index contributed by atoms with van der Waals surface area (Å²) in [7, 11) is 0. The molecule has 1 rings (SSSR count). The van der Waals surface area contributed by atoms with Gasteiger partial charge in [-0.3, -0.25) is 4.79 Å². The smallest absolute Gasteiger partial charge is 0.391 e. The summed E-state index contributed by atoms with van der Waals surface area (Å²) in [5, 5.41) is 14.0. The van der Waals surface area contributed by atoms with Crippen molar-refractivity contribution >= 4 is 11.7 Å². The van der Waals surface area contributed by atoms with E-state index in [0.29, 0.717) is 0 Å². The van der Waals surface area contributed by atoms with Crippen LogP contribution in [0.25, 0.3) is 0 Å². The molecule has 0 heterocycles. The number of amidine groups is 1. The van der Waals surface area contributed by atoms with Crippen LogP contribution >= 0.6 is 0 Å². The van der Waals surface area contributed by atoms with Gasteiger partial charge in [0, 0.05) is 5.92 Å². The van der Waals surface area contributed by atoms with Gasteiger partial charge in [-0.05, 0) is 39.5 Å². The lowest BCUT2D eigenvalue weighted by atomic mass is 9.81. The summed E-state index contributed by atoms with van der Waals surface area (Å²) < 4.78 is 37.6. The number of nitrogens with zero attached hydrogens (tertiary/aromatic N) is 1. The topological polar surface area (TPSA) is 87.7 Å². The number of carbonyl (C=O) groups excluding carboxylic acids is 1. The van der Waals surface area contributed by atoms with Crippen LogP contribution in [-0.2, 0) is 4.79 Å². The first-order valence-electron chi connectivity index (χ1n) is 6.44. The summed E-state index contributed by atoms with van der Waals surface area (Å²) in [5.41, 5.74) is 4.41. The number of alkyl halides is 3. The van der Waals surface area contributed by atoms with Gasteiger partial charge in [-0.1, -0.05) is 5.16 Å². The molecule has 20 heavy (non-hydrogen) atoms. The molecule has 0 aromatic heterocycles. The second-order valence-corrected chi connectivity index (χ2v) is 5.69. The third-order valence-electron chi connectivity index (χ3n) is 3.74. The monoisotopic (exact) mass is 295 g/mol. The molecule has 0 saturated heterocycles. The Morgan fingerprint density at radius 2 is 1.75 bits per heavy atom. The molecule has 1 aliphatic carbocycles. The molecule has 8 heteroatoms. The third-order valence-corrected chi connectivity index (χ3v) is 3.74. The van der Waals surface area contributed by atoms with Crippen molar-refractivity contribution in [3.05, 3.63) is 0 Å². The van der Waals surface area contributed by atoms with Crippen LogP contribution in [0.15, 0.2) is 5.16 Å². The zero-order valence-corrected chi connectivity index (χ0v) is 11.5. The number of halogens is 3. The minimum Gasteiger partial charge on any atom is -0.409 e. The van der Waals surface area contributed by atoms with Crippen molar-refractivity contribution in [1.82, 2.24) is 5.32 Å². The van der Waals surface area contributed by atoms with Crippen molar-refractivity contribution in [2.75, 3.05) is 0 Å². The molecule has 0 spiro atoms. The van der Waals surface area contributed by atoms with Crippen LogP contribution in [0.3, 0.4) is 0 Å². The Bertz CT molecular complexity index is 386. The molecule has 4 N–H and O–H groups in total. The van der Waals surface area contributed by atoms with Gasteiger partial charge in [-0.2, -0.15) is 13.2 Å². The van der Waals surface area contributed by atoms with Gasteiger partial charge in [0.15, 0.2) is 5.84 Å². The number of hydrogen-bond donors (Lipinski definition) is 3. The number of carbonyl (C=O) groups is 1. The lowest BCUT2D eigenvalue weighted by molar-refractivity contribution is -0.184. The molecule has 1 fully saturated rings. The Labute approximate surface area is 115 Å². The van der Waals surface area contributed by atoms with Gasteiger partial charge in [0.1, 0.15) is 0 Å². The molecule has 0 unspecified atom stereocenters. The summed E-state index contributed by atoms with van der Waals surface area (Å²) in [6, 6.07) is 0. The van der Waals surface area contributed by atoms with Crippen molar-refractivity contribution in [1.29, 1.82) is 0 Å². The molecule has 0 aliphatic heterocycles. The summed E-state index contributed by atoms with van der Waals surface area (Å²) >= 11 is 0. The lowest BCUT2D eigenvalue weighted by Crippen LogP contribution is -2.55. The van der Waals surface area contributed by atoms with Gasteiger partial charge in [-0.25, -0.2) is 0 Å². The molecule has 1 saturated carbocycles. The van der Waals surface area contributed by atoms with E-state index in [4.69, 9.17) is 10.9 Å². The third kappa shape index (κ3) is 4.01. The highest BCUT2D eigenvalue weighted by Crippen LogP contribution is 2.39. The zero-order valence-electron chi connectivity index (χ0n) is 11.5. The molecule has 0 aromatic carbocycles. The normalized spacial score (nSPS) is 25.4. The zero-order chi connectivity index (χ0) is 15.6. The van der Waals surface area contributed by atoms with E-state index in [9.17, 15) is 18.0 Å². The molecule has 0 radical (unpaired) electrons. The fourth-order valence-electron chi connectivity index (χ4n) is 2.28. The summed E-state index contributed by atoms with van der Waals surface area (Å²) in [5.74, 6) is -2.29. The van der Waals surface area contributed by atoms with Gasteiger partial charge >= 0.3 is 6.18 Å². The Kier molecular flexibility index (Phi) is 4.88. The molecule has 0 bridgehead atoms. The van der Waals surface area contributed by atoms with Crippen LogP contribution in [-0.4, -0.2) is 28.7 Å². The first kappa shape index (κ1) is 16.6. The van der Waals surface area contributed by atoms with Crippen LogP contribution in [0.4, 0.5) is 13.2 Å². The molecule has 1 aliphatic rings. The molecule has 5 nitrogen and oxygen atoms in total. The highest BCUT2D eigenvalue weighted by Gasteiger charge is 2.43. The van der Waals surface area contributed by atoms with Crippen molar-refractivity contribution in [2.45, 2.75) is 51.2 Å². The first-order chi connectivity index (χ1) is 9.08. The van der Waals surface area contributed by atoms with Gasteiger partial charge in [-0.15, -0.1) is 0 Å². The Morgan fingerprint density at radius 1 is 1.25 bits per heavy atom. The largest absolute Gasteiger partial charge is 0.409 e. The maximum absolute atomic E-state index is 12.5. The fraction of sp³-hybridized carbons (Fsp3) is 0.833. The van der Waals surface area contributed by atoms with E-state index in [1.54, 1.807) is 13.8 Å². The molecular weight excluding hydrogens is 275 g/mol. The number of nitrogens with one attached hydrogen (secondary N) is 1. The number of nitrogens with two attached hydrogens (primary N) is 1. The van der Waals surface area contributed by atoms with Crippen molar-refractivity contribution in [3.63, 3.8) is 0 Å². The Hall–Kier alpha value is -1.47. The van der Waals surface area contributed by atoms with E-state index in [1.165, 1.54) is 0 Å². The molecule has 0 aromatic rings. The predicted octanol–water partition coefficient (Wildman–Crippen LogP) is 2.00. The lowest BCUT2D eigenvalue weighted by Gasteiger charge is -2.32. The van der Waals surface area contributed by atoms with Crippen molar-refractivity contribution < 1.29 is 23.2 Å². The summed E-state index contributed by atoms with van der Waals surface area (Å²) in [4.78, 5) is 12.0. The predicted molar refractivity (Wildman–Crippen MR) is 67.1 cm³/mol.